The van der Waals surface area contributed by atoms with Crippen LogP contribution in [-0.2, 0) is 4.79 Å². The number of methoxy groups -OCH3 is 1. The zero-order chi connectivity index (χ0) is 20.5. The van der Waals surface area contributed by atoms with Gasteiger partial charge in [0.1, 0.15) is 5.75 Å². The maximum absolute atomic E-state index is 13.3. The molecule has 4 nitrogen and oxygen atoms in total. The summed E-state index contributed by atoms with van der Waals surface area (Å²) in [5.74, 6) is 0.405. The van der Waals surface area contributed by atoms with Crippen LogP contribution in [0.15, 0.2) is 66.7 Å². The number of likely N-dealkylation sites (N-methyl/N-ethyl adjacent to an activating group) is 1. The Morgan fingerprint density at radius 3 is 2.38 bits per heavy atom. The summed E-state index contributed by atoms with van der Waals surface area (Å²) in [6.07, 6.45) is 0. The minimum Gasteiger partial charge on any atom is -0.497 e. The first-order valence-corrected chi connectivity index (χ1v) is 9.90. The van der Waals surface area contributed by atoms with Crippen LogP contribution in [-0.4, -0.2) is 20.1 Å². The molecule has 2 unspecified atom stereocenters. The highest BCUT2D eigenvalue weighted by atomic mass is 35.5. The topological polar surface area (TPSA) is 41.6 Å². The van der Waals surface area contributed by atoms with Gasteiger partial charge in [-0.25, -0.2) is 0 Å². The second kappa shape index (κ2) is 7.80. The second-order valence-corrected chi connectivity index (χ2v) is 7.78. The van der Waals surface area contributed by atoms with Gasteiger partial charge in [-0.2, -0.15) is 0 Å². The molecule has 2 atom stereocenters. The lowest BCUT2D eigenvalue weighted by Crippen LogP contribution is -2.30. The second-order valence-electron chi connectivity index (χ2n) is 7.34. The molecule has 29 heavy (non-hydrogen) atoms. The zero-order valence-corrected chi connectivity index (χ0v) is 17.4. The van der Waals surface area contributed by atoms with E-state index in [2.05, 4.69) is 24.4 Å². The van der Waals surface area contributed by atoms with Crippen molar-refractivity contribution in [3.8, 4) is 5.75 Å². The van der Waals surface area contributed by atoms with Crippen molar-refractivity contribution in [2.24, 2.45) is 0 Å². The molecule has 4 rings (SSSR count). The van der Waals surface area contributed by atoms with Crippen LogP contribution in [0.2, 0.25) is 5.02 Å². The quantitative estimate of drug-likeness (QED) is 0.602. The highest BCUT2D eigenvalue weighted by Crippen LogP contribution is 2.46. The number of carbonyl (C=O) groups is 1. The van der Waals surface area contributed by atoms with Gasteiger partial charge in [-0.3, -0.25) is 4.79 Å². The number of benzene rings is 3. The van der Waals surface area contributed by atoms with Crippen LogP contribution in [0.25, 0.3) is 0 Å². The number of nitrogens with one attached hydrogen (secondary N) is 1. The van der Waals surface area contributed by atoms with Crippen molar-refractivity contribution in [2.45, 2.75) is 18.9 Å². The van der Waals surface area contributed by atoms with E-state index in [1.165, 1.54) is 5.56 Å². The Labute approximate surface area is 176 Å². The summed E-state index contributed by atoms with van der Waals surface area (Å²) in [5.41, 5.74) is 5.01. The van der Waals surface area contributed by atoms with Crippen LogP contribution in [0.1, 0.15) is 28.7 Å². The predicted molar refractivity (Wildman–Crippen MR) is 118 cm³/mol. The van der Waals surface area contributed by atoms with E-state index in [1.807, 2.05) is 61.6 Å². The fourth-order valence-electron chi connectivity index (χ4n) is 3.86. The number of aryl methyl sites for hydroxylation is 1. The van der Waals surface area contributed by atoms with Crippen LogP contribution in [0.3, 0.4) is 0 Å². The van der Waals surface area contributed by atoms with Gasteiger partial charge in [0.15, 0.2) is 0 Å². The first-order valence-electron chi connectivity index (χ1n) is 9.52. The van der Waals surface area contributed by atoms with Crippen molar-refractivity contribution in [3.63, 3.8) is 0 Å². The molecule has 1 heterocycles. The van der Waals surface area contributed by atoms with Crippen LogP contribution in [0.4, 0.5) is 11.4 Å². The van der Waals surface area contributed by atoms with Crippen LogP contribution in [0.5, 0.6) is 5.75 Å². The summed E-state index contributed by atoms with van der Waals surface area (Å²) < 4.78 is 5.42. The number of halogens is 1. The lowest BCUT2D eigenvalue weighted by molar-refractivity contribution is -0.119. The van der Waals surface area contributed by atoms with E-state index < -0.39 is 0 Å². The smallest absolute Gasteiger partial charge is 0.236 e. The largest absolute Gasteiger partial charge is 0.497 e. The number of carbonyl (C=O) groups excluding carboxylic acids is 1. The van der Waals surface area contributed by atoms with Gasteiger partial charge in [0.05, 0.1) is 19.1 Å². The molecule has 3 aromatic carbocycles. The minimum atomic E-state index is -0.382. The molecule has 0 saturated heterocycles. The van der Waals surface area contributed by atoms with Gasteiger partial charge in [0.2, 0.25) is 5.91 Å². The average Bonchev–Trinajstić information content (AvgIpc) is 2.98. The van der Waals surface area contributed by atoms with E-state index in [9.17, 15) is 4.79 Å². The number of hydrogen-bond donors (Lipinski definition) is 1. The van der Waals surface area contributed by atoms with E-state index in [4.69, 9.17) is 16.3 Å². The minimum absolute atomic E-state index is 0.0489. The van der Waals surface area contributed by atoms with Crippen molar-refractivity contribution in [2.75, 3.05) is 24.4 Å². The number of nitrogens with zero attached hydrogens (tertiary/aromatic N) is 1. The van der Waals surface area contributed by atoms with Gasteiger partial charge in [0.25, 0.3) is 0 Å². The van der Waals surface area contributed by atoms with E-state index in [0.717, 1.165) is 28.3 Å². The zero-order valence-electron chi connectivity index (χ0n) is 16.6. The molecule has 0 bridgehead atoms. The molecule has 0 radical (unpaired) electrons. The lowest BCUT2D eigenvalue weighted by atomic mass is 9.87. The molecule has 148 valence electrons. The third-order valence-electron chi connectivity index (χ3n) is 5.46. The monoisotopic (exact) mass is 406 g/mol. The number of amides is 1. The molecule has 5 heteroatoms. The highest BCUT2D eigenvalue weighted by Gasteiger charge is 2.41. The first kappa shape index (κ1) is 19.3. The van der Waals surface area contributed by atoms with Gasteiger partial charge in [-0.1, -0.05) is 41.4 Å². The summed E-state index contributed by atoms with van der Waals surface area (Å²) in [6.45, 7) is 2.05. The van der Waals surface area contributed by atoms with Crippen molar-refractivity contribution >= 4 is 28.9 Å². The molecule has 1 aliphatic heterocycles. The van der Waals surface area contributed by atoms with Crippen LogP contribution < -0.4 is 15.0 Å². The van der Waals surface area contributed by atoms with E-state index in [1.54, 1.807) is 12.0 Å². The molecular weight excluding hydrogens is 384 g/mol. The highest BCUT2D eigenvalue weighted by molar-refractivity contribution is 6.30. The van der Waals surface area contributed by atoms with Gasteiger partial charge >= 0.3 is 0 Å². The Morgan fingerprint density at radius 1 is 1.03 bits per heavy atom. The Morgan fingerprint density at radius 2 is 1.72 bits per heavy atom. The number of hydrogen-bond acceptors (Lipinski definition) is 3. The summed E-state index contributed by atoms with van der Waals surface area (Å²) in [4.78, 5) is 15.0. The maximum atomic E-state index is 13.3. The molecule has 0 spiro atoms. The molecule has 3 aromatic rings. The van der Waals surface area contributed by atoms with Crippen molar-refractivity contribution < 1.29 is 9.53 Å². The SMILES string of the molecule is COc1ccc2c(c1)C(C(Nc1ccc(C)cc1)c1ccc(Cl)cc1)C(=O)N2C. The summed E-state index contributed by atoms with van der Waals surface area (Å²) in [7, 11) is 3.46. The Hall–Kier alpha value is -2.98. The van der Waals surface area contributed by atoms with Crippen molar-refractivity contribution in [3.05, 3.63) is 88.4 Å². The lowest BCUT2D eigenvalue weighted by Gasteiger charge is -2.26. The fourth-order valence-corrected chi connectivity index (χ4v) is 3.98. The number of anilines is 2. The fraction of sp³-hybridized carbons (Fsp3) is 0.208. The molecule has 1 N–H and O–H groups in total. The Balaban J connectivity index is 1.81. The van der Waals surface area contributed by atoms with E-state index in [-0.39, 0.29) is 17.9 Å². The van der Waals surface area contributed by atoms with E-state index >= 15 is 0 Å². The Kier molecular flexibility index (Phi) is 5.20. The third-order valence-corrected chi connectivity index (χ3v) is 5.72. The normalized spacial score (nSPS) is 16.5. The van der Waals surface area contributed by atoms with Crippen molar-refractivity contribution in [1.82, 2.24) is 0 Å². The first-order chi connectivity index (χ1) is 14.0. The third kappa shape index (κ3) is 3.68. The van der Waals surface area contributed by atoms with Crippen molar-refractivity contribution in [1.29, 1.82) is 0 Å². The maximum Gasteiger partial charge on any atom is 0.236 e. The average molecular weight is 407 g/mol. The molecule has 0 saturated carbocycles. The number of fused-ring (bicyclic) bond motifs is 1. The van der Waals surface area contributed by atoms with Crippen LogP contribution in [0, 0.1) is 6.92 Å². The molecule has 1 aliphatic rings. The molecule has 0 fully saturated rings. The molecular formula is C24H23ClN2O2. The summed E-state index contributed by atoms with van der Waals surface area (Å²) in [5, 5.41) is 4.25. The molecule has 0 aromatic heterocycles. The molecule has 1 amide bonds. The van der Waals surface area contributed by atoms with E-state index in [0.29, 0.717) is 5.02 Å². The van der Waals surface area contributed by atoms with Gasteiger partial charge in [-0.15, -0.1) is 0 Å². The molecule has 0 aliphatic carbocycles. The van der Waals surface area contributed by atoms with Crippen LogP contribution >= 0.6 is 11.6 Å². The number of ether oxygens (including phenoxy) is 1. The van der Waals surface area contributed by atoms with Gasteiger partial charge in [0, 0.05) is 23.4 Å². The Bertz CT molecular complexity index is 1030. The summed E-state index contributed by atoms with van der Waals surface area (Å²) in [6, 6.07) is 21.4. The predicted octanol–water partition coefficient (Wildman–Crippen LogP) is 5.57. The van der Waals surface area contributed by atoms with Gasteiger partial charge in [-0.05, 0) is 60.5 Å². The number of rotatable bonds is 5. The summed E-state index contributed by atoms with van der Waals surface area (Å²) >= 11 is 6.11. The standard InChI is InChI=1S/C24H23ClN2O2/c1-15-4-10-18(11-5-15)26-23(16-6-8-17(25)9-7-16)22-20-14-19(29-3)12-13-21(20)27(2)24(22)28/h4-14,22-23,26H,1-3H3. The van der Waals surface area contributed by atoms with Gasteiger partial charge < -0.3 is 15.0 Å².